The minimum absolute atomic E-state index is 0.0572. The molecule has 1 fully saturated rings. The monoisotopic (exact) mass is 266 g/mol. The molecule has 0 unspecified atom stereocenters. The van der Waals surface area contributed by atoms with Crippen LogP contribution in [0.2, 0.25) is 0 Å². The zero-order chi connectivity index (χ0) is 14.5. The molecule has 1 rings (SSSR count). The van der Waals surface area contributed by atoms with Crippen molar-refractivity contribution in [3.05, 3.63) is 0 Å². The highest BCUT2D eigenvalue weighted by Crippen LogP contribution is 2.12. The van der Waals surface area contributed by atoms with Gasteiger partial charge in [0.05, 0.1) is 0 Å². The van der Waals surface area contributed by atoms with Gasteiger partial charge in [0.2, 0.25) is 5.91 Å². The molecule has 0 radical (unpaired) electrons. The van der Waals surface area contributed by atoms with Crippen LogP contribution in [-0.2, 0) is 9.53 Å². The smallest absolute Gasteiger partial charge is 0.410 e. The Morgan fingerprint density at radius 2 is 1.68 bits per heavy atom. The van der Waals surface area contributed by atoms with Crippen molar-refractivity contribution in [2.45, 2.75) is 39.2 Å². The number of nitrogens with zero attached hydrogens (tertiary/aromatic N) is 2. The third kappa shape index (κ3) is 5.21. The Morgan fingerprint density at radius 3 is 2.16 bits per heavy atom. The summed E-state index contributed by atoms with van der Waals surface area (Å²) in [6.45, 7) is 7.62. The molecule has 1 aliphatic heterocycles. The molecular formula is C14H22N2O3. The number of hydrogen-bond acceptors (Lipinski definition) is 3. The van der Waals surface area contributed by atoms with Crippen molar-refractivity contribution in [3.8, 4) is 12.3 Å². The lowest BCUT2D eigenvalue weighted by atomic mass is 10.2. The second-order valence-electron chi connectivity index (χ2n) is 5.55. The normalized spacial score (nSPS) is 15.9. The molecule has 0 bridgehead atoms. The van der Waals surface area contributed by atoms with Gasteiger partial charge in [0.25, 0.3) is 0 Å². The van der Waals surface area contributed by atoms with Crippen LogP contribution in [0.25, 0.3) is 0 Å². The molecule has 2 amide bonds. The number of amides is 2. The standard InChI is InChI=1S/C14H22N2O3/c1-5-6-7-12(17)15-8-10-16(11-9-15)13(18)19-14(2,3)4/h1H,6-11H2,2-4H3. The van der Waals surface area contributed by atoms with E-state index in [4.69, 9.17) is 11.2 Å². The van der Waals surface area contributed by atoms with Crippen LogP contribution in [0, 0.1) is 12.3 Å². The number of terminal acetylenes is 1. The number of hydrogen-bond donors (Lipinski definition) is 0. The first kappa shape index (κ1) is 15.4. The van der Waals surface area contributed by atoms with E-state index in [1.165, 1.54) is 0 Å². The largest absolute Gasteiger partial charge is 0.444 e. The maximum atomic E-state index is 11.8. The zero-order valence-electron chi connectivity index (χ0n) is 11.9. The number of piperazine rings is 1. The summed E-state index contributed by atoms with van der Waals surface area (Å²) in [6, 6.07) is 0. The molecule has 19 heavy (non-hydrogen) atoms. The van der Waals surface area contributed by atoms with E-state index in [0.717, 1.165) is 0 Å². The van der Waals surface area contributed by atoms with Crippen LogP contribution in [0.4, 0.5) is 4.79 Å². The molecule has 0 atom stereocenters. The summed E-state index contributed by atoms with van der Waals surface area (Å²) < 4.78 is 5.29. The van der Waals surface area contributed by atoms with Crippen LogP contribution in [0.5, 0.6) is 0 Å². The van der Waals surface area contributed by atoms with Crippen LogP contribution in [0.1, 0.15) is 33.6 Å². The molecular weight excluding hydrogens is 244 g/mol. The maximum absolute atomic E-state index is 11.8. The van der Waals surface area contributed by atoms with Crippen molar-refractivity contribution in [2.75, 3.05) is 26.2 Å². The van der Waals surface area contributed by atoms with Crippen molar-refractivity contribution >= 4 is 12.0 Å². The third-order valence-corrected chi connectivity index (χ3v) is 2.77. The second-order valence-corrected chi connectivity index (χ2v) is 5.55. The molecule has 106 valence electrons. The van der Waals surface area contributed by atoms with Gasteiger partial charge in [-0.2, -0.15) is 0 Å². The number of rotatable bonds is 2. The van der Waals surface area contributed by atoms with E-state index in [0.29, 0.717) is 39.0 Å². The van der Waals surface area contributed by atoms with Gasteiger partial charge in [0, 0.05) is 39.0 Å². The summed E-state index contributed by atoms with van der Waals surface area (Å²) in [6.07, 6.45) is 5.66. The van der Waals surface area contributed by atoms with Crippen LogP contribution >= 0.6 is 0 Å². The molecule has 5 nitrogen and oxygen atoms in total. The van der Waals surface area contributed by atoms with Gasteiger partial charge in [-0.25, -0.2) is 4.79 Å². The van der Waals surface area contributed by atoms with Crippen LogP contribution in [-0.4, -0.2) is 53.6 Å². The molecule has 1 heterocycles. The lowest BCUT2D eigenvalue weighted by Crippen LogP contribution is -2.51. The molecule has 0 saturated carbocycles. The predicted molar refractivity (Wildman–Crippen MR) is 72.5 cm³/mol. The summed E-state index contributed by atoms with van der Waals surface area (Å²) >= 11 is 0. The minimum Gasteiger partial charge on any atom is -0.444 e. The summed E-state index contributed by atoms with van der Waals surface area (Å²) in [7, 11) is 0. The highest BCUT2D eigenvalue weighted by molar-refractivity contribution is 5.77. The Kier molecular flexibility index (Phi) is 5.22. The highest BCUT2D eigenvalue weighted by atomic mass is 16.6. The highest BCUT2D eigenvalue weighted by Gasteiger charge is 2.27. The zero-order valence-corrected chi connectivity index (χ0v) is 11.9. The van der Waals surface area contributed by atoms with Gasteiger partial charge in [0.1, 0.15) is 5.60 Å². The van der Waals surface area contributed by atoms with Crippen molar-refractivity contribution in [3.63, 3.8) is 0 Å². The average Bonchev–Trinajstić information content (AvgIpc) is 2.34. The topological polar surface area (TPSA) is 49.9 Å². The molecule has 0 aliphatic carbocycles. The molecule has 5 heteroatoms. The fourth-order valence-electron chi connectivity index (χ4n) is 1.80. The van der Waals surface area contributed by atoms with Gasteiger partial charge >= 0.3 is 6.09 Å². The van der Waals surface area contributed by atoms with Crippen molar-refractivity contribution < 1.29 is 14.3 Å². The van der Waals surface area contributed by atoms with Crippen LogP contribution < -0.4 is 0 Å². The molecule has 1 aliphatic rings. The van der Waals surface area contributed by atoms with Crippen molar-refractivity contribution in [1.29, 1.82) is 0 Å². The summed E-state index contributed by atoms with van der Waals surface area (Å²) in [4.78, 5) is 27.0. The first-order valence-corrected chi connectivity index (χ1v) is 6.52. The lowest BCUT2D eigenvalue weighted by Gasteiger charge is -2.35. The van der Waals surface area contributed by atoms with E-state index in [1.54, 1.807) is 9.80 Å². The van der Waals surface area contributed by atoms with Gasteiger partial charge in [-0.05, 0) is 20.8 Å². The van der Waals surface area contributed by atoms with E-state index in [9.17, 15) is 9.59 Å². The molecule has 0 N–H and O–H groups in total. The number of carbonyl (C=O) groups excluding carboxylic acids is 2. The Bertz CT molecular complexity index is 371. The van der Waals surface area contributed by atoms with Gasteiger partial charge in [0.15, 0.2) is 0 Å². The second kappa shape index (κ2) is 6.46. The van der Waals surface area contributed by atoms with Crippen LogP contribution in [0.15, 0.2) is 0 Å². The van der Waals surface area contributed by atoms with Crippen molar-refractivity contribution in [2.24, 2.45) is 0 Å². The van der Waals surface area contributed by atoms with E-state index >= 15 is 0 Å². The molecule has 0 aromatic rings. The van der Waals surface area contributed by atoms with Crippen molar-refractivity contribution in [1.82, 2.24) is 9.80 Å². The maximum Gasteiger partial charge on any atom is 0.410 e. The average molecular weight is 266 g/mol. The van der Waals surface area contributed by atoms with Gasteiger partial charge in [-0.1, -0.05) is 0 Å². The lowest BCUT2D eigenvalue weighted by molar-refractivity contribution is -0.132. The summed E-state index contributed by atoms with van der Waals surface area (Å²) in [5, 5.41) is 0. The first-order valence-electron chi connectivity index (χ1n) is 6.52. The Labute approximate surface area is 114 Å². The summed E-state index contributed by atoms with van der Waals surface area (Å²) in [5.41, 5.74) is -0.489. The molecule has 0 spiro atoms. The first-order chi connectivity index (χ1) is 8.83. The Morgan fingerprint density at radius 1 is 1.16 bits per heavy atom. The Balaban J connectivity index is 2.39. The van der Waals surface area contributed by atoms with E-state index in [1.807, 2.05) is 20.8 Å². The minimum atomic E-state index is -0.489. The SMILES string of the molecule is C#CCCC(=O)N1CCN(C(=O)OC(C)(C)C)CC1. The van der Waals surface area contributed by atoms with Gasteiger partial charge in [-0.15, -0.1) is 12.3 Å². The summed E-state index contributed by atoms with van der Waals surface area (Å²) in [5.74, 6) is 2.52. The van der Waals surface area contributed by atoms with E-state index in [2.05, 4.69) is 5.92 Å². The quantitative estimate of drug-likeness (QED) is 0.711. The Hall–Kier alpha value is -1.70. The number of carbonyl (C=O) groups is 2. The molecule has 0 aromatic carbocycles. The van der Waals surface area contributed by atoms with E-state index in [-0.39, 0.29) is 12.0 Å². The van der Waals surface area contributed by atoms with Gasteiger partial charge < -0.3 is 14.5 Å². The van der Waals surface area contributed by atoms with Gasteiger partial charge in [-0.3, -0.25) is 4.79 Å². The number of ether oxygens (including phenoxy) is 1. The van der Waals surface area contributed by atoms with Crippen LogP contribution in [0.3, 0.4) is 0 Å². The fraction of sp³-hybridized carbons (Fsp3) is 0.714. The third-order valence-electron chi connectivity index (χ3n) is 2.77. The fourth-order valence-corrected chi connectivity index (χ4v) is 1.80. The molecule has 0 aromatic heterocycles. The molecule has 1 saturated heterocycles. The predicted octanol–water partition coefficient (Wildman–Crippen LogP) is 1.48. The van der Waals surface area contributed by atoms with E-state index < -0.39 is 5.60 Å².